The number of fused-ring (bicyclic) bond motifs is 1. The molecular formula is C45H51Cl2N7O7S. The Balaban J connectivity index is 0.000000224. The van der Waals surface area contributed by atoms with Crippen molar-refractivity contribution in [1.29, 1.82) is 0 Å². The molecule has 6 aromatic rings. The van der Waals surface area contributed by atoms with Crippen LogP contribution in [-0.4, -0.2) is 55.8 Å². The third kappa shape index (κ3) is 14.0. The van der Waals surface area contributed by atoms with Crippen LogP contribution in [0.1, 0.15) is 73.1 Å². The van der Waals surface area contributed by atoms with Gasteiger partial charge in [-0.05, 0) is 119 Å². The van der Waals surface area contributed by atoms with Gasteiger partial charge in [-0.3, -0.25) is 14.6 Å². The van der Waals surface area contributed by atoms with Crippen molar-refractivity contribution in [1.82, 2.24) is 24.8 Å². The largest absolute Gasteiger partial charge is 0.493 e. The van der Waals surface area contributed by atoms with Crippen molar-refractivity contribution >= 4 is 51.0 Å². The highest BCUT2D eigenvalue weighted by atomic mass is 35.7. The van der Waals surface area contributed by atoms with Gasteiger partial charge in [-0.1, -0.05) is 50.2 Å². The summed E-state index contributed by atoms with van der Waals surface area (Å²) in [6.45, 7) is 10.2. The summed E-state index contributed by atoms with van der Waals surface area (Å²) in [4.78, 5) is 42.6. The molecule has 0 spiro atoms. The molecular weight excluding hydrogens is 854 g/mol. The summed E-state index contributed by atoms with van der Waals surface area (Å²) in [5.41, 5.74) is 12.1. The highest BCUT2D eigenvalue weighted by molar-refractivity contribution is 7.18. The normalized spacial score (nSPS) is 15.1. The van der Waals surface area contributed by atoms with Gasteiger partial charge in [0.15, 0.2) is 11.2 Å². The lowest BCUT2D eigenvalue weighted by molar-refractivity contribution is -2.00. The van der Waals surface area contributed by atoms with Gasteiger partial charge in [-0.15, -0.1) is 10.2 Å². The van der Waals surface area contributed by atoms with E-state index < -0.39 is 21.0 Å². The molecule has 328 valence electrons. The van der Waals surface area contributed by atoms with Crippen molar-refractivity contribution in [3.8, 4) is 26.6 Å². The van der Waals surface area contributed by atoms with Gasteiger partial charge < -0.3 is 20.7 Å². The number of aromatic amines is 1. The average molecular weight is 905 g/mol. The molecule has 4 heterocycles. The number of nitrogens with two attached hydrogens (primary N) is 1. The third-order valence-electron chi connectivity index (χ3n) is 10.4. The number of carbonyl (C=O) groups is 1. The first-order valence-corrected chi connectivity index (χ1v) is 22.5. The number of anilines is 2. The topological polar surface area (TPSA) is 231 Å². The van der Waals surface area contributed by atoms with Gasteiger partial charge in [0.05, 0.1) is 36.2 Å². The van der Waals surface area contributed by atoms with Gasteiger partial charge in [0.2, 0.25) is 27.0 Å². The molecule has 0 amide bonds. The van der Waals surface area contributed by atoms with Gasteiger partial charge in [-0.2, -0.15) is 4.98 Å². The smallest absolute Gasteiger partial charge is 0.280 e. The number of rotatable bonds is 13. The molecule has 4 N–H and O–H groups in total. The van der Waals surface area contributed by atoms with Crippen LogP contribution in [0.25, 0.3) is 32.0 Å². The molecule has 0 saturated carbocycles. The van der Waals surface area contributed by atoms with Crippen LogP contribution in [0.5, 0.6) is 5.75 Å². The number of aromatic nitrogens is 4. The molecule has 17 heteroatoms. The minimum absolute atomic E-state index is 0.00314. The summed E-state index contributed by atoms with van der Waals surface area (Å²) in [5, 5.41) is 2.60. The van der Waals surface area contributed by atoms with E-state index in [1.807, 2.05) is 11.3 Å². The highest BCUT2D eigenvalue weighted by Crippen LogP contribution is 2.44. The number of hydrogen-bond acceptors (Lipinski definition) is 13. The fourth-order valence-electron chi connectivity index (χ4n) is 7.42. The first-order valence-electron chi connectivity index (χ1n) is 20.1. The summed E-state index contributed by atoms with van der Waals surface area (Å²) in [5.74, 6) is 1.84. The molecule has 1 fully saturated rings. The zero-order valence-corrected chi connectivity index (χ0v) is 37.6. The van der Waals surface area contributed by atoms with Crippen LogP contribution in [0, 0.1) is 30.0 Å². The number of carbonyl (C=O) groups excluding carboxylic acids is 1. The maximum absolute atomic E-state index is 11.8. The number of likely N-dealkylation sites (tertiary alicyclic amines) is 1. The van der Waals surface area contributed by atoms with E-state index in [2.05, 4.69) is 126 Å². The molecule has 0 bridgehead atoms. The summed E-state index contributed by atoms with van der Waals surface area (Å²) < 4.78 is 40.5. The summed E-state index contributed by atoms with van der Waals surface area (Å²) in [7, 11) is -2.61. The predicted molar refractivity (Wildman–Crippen MR) is 234 cm³/mol. The van der Waals surface area contributed by atoms with Crippen LogP contribution in [0.2, 0.25) is 0 Å². The highest BCUT2D eigenvalue weighted by Gasteiger charge is 2.31. The van der Waals surface area contributed by atoms with Crippen LogP contribution in [0.4, 0.5) is 11.6 Å². The monoisotopic (exact) mass is 903 g/mol. The number of nitrogens with one attached hydrogen (secondary N) is 2. The molecule has 0 aliphatic carbocycles. The number of H-pyrrole nitrogens is 1. The number of ether oxygens (including phenoxy) is 1. The van der Waals surface area contributed by atoms with Crippen LogP contribution in [0.3, 0.4) is 0 Å². The maximum Gasteiger partial charge on any atom is 0.280 e. The Morgan fingerprint density at radius 2 is 1.50 bits per heavy atom. The molecule has 0 radical (unpaired) electrons. The molecule has 3 aromatic carbocycles. The second-order valence-corrected chi connectivity index (χ2v) is 17.4. The second-order valence-electron chi connectivity index (χ2n) is 15.3. The Bertz CT molecular complexity index is 2390. The minimum atomic E-state index is -4.94. The van der Waals surface area contributed by atoms with Crippen molar-refractivity contribution in [2.75, 3.05) is 24.7 Å². The fourth-order valence-corrected chi connectivity index (χ4v) is 8.75. The van der Waals surface area contributed by atoms with Gasteiger partial charge >= 0.3 is 0 Å². The Kier molecular flexibility index (Phi) is 17.3. The number of halogens is 2. The van der Waals surface area contributed by atoms with E-state index in [0.29, 0.717) is 23.8 Å². The van der Waals surface area contributed by atoms with Crippen molar-refractivity contribution < 1.29 is 38.4 Å². The first kappa shape index (κ1) is 47.9. The third-order valence-corrected chi connectivity index (χ3v) is 12.1. The summed E-state index contributed by atoms with van der Waals surface area (Å²) in [6.07, 6.45) is 7.82. The Morgan fingerprint density at radius 1 is 0.935 bits per heavy atom. The number of hydrogen-bond donors (Lipinski definition) is 3. The van der Waals surface area contributed by atoms with Crippen molar-refractivity contribution in [2.24, 2.45) is 5.92 Å². The van der Waals surface area contributed by atoms with Crippen LogP contribution >= 0.6 is 22.9 Å². The SMILES string of the molecule is Cc1c(-c2ccccc2)[s+]c(-c2ccccc2)c(C)c1OCCCC1CCC(CC(C)C)N1C.Nc1nc2ncc(CNc3ccc(C(=O)Cl)cc3)nc2c(=O)[nH]1.[O-][Cl+3]([O-])([O-])[O-]. The predicted octanol–water partition coefficient (Wildman–Crippen LogP) is 5.18. The van der Waals surface area contributed by atoms with Crippen molar-refractivity contribution in [3.63, 3.8) is 0 Å². The molecule has 1 aliphatic rings. The van der Waals surface area contributed by atoms with Gasteiger partial charge in [0.1, 0.15) is 5.75 Å². The van der Waals surface area contributed by atoms with E-state index >= 15 is 0 Å². The van der Waals surface area contributed by atoms with E-state index in [0.717, 1.165) is 36.4 Å². The molecule has 62 heavy (non-hydrogen) atoms. The molecule has 7 rings (SSSR count). The standard InChI is InChI=1S/C31H40NOS.C14H11ClN6O2.ClHO4/c1-22(2)21-28-19-18-27(32(28)5)17-12-20-33-29-23(3)30(25-13-8-6-9-14-25)34-31(24(29)4)26-15-10-7-11-16-26;15-11(22)7-1-3-8(4-2-7)17-5-9-6-18-12-10(19-9)13(23)21-14(16)20-12;2-1(3,4)5/h6-11,13-16,22,27-28H,12,17-21H2,1-5H3;1-4,6,17H,5H2,(H3,16,18,20,21,23);(H,2,3,4,5)/q+1;;/p-1. The van der Waals surface area contributed by atoms with Gasteiger partial charge in [0.25, 0.3) is 10.8 Å². The molecule has 2 atom stereocenters. The Morgan fingerprint density at radius 3 is 2.05 bits per heavy atom. The molecule has 3 aromatic heterocycles. The first-order chi connectivity index (χ1) is 29.5. The number of nitrogens with zero attached hydrogens (tertiary/aromatic N) is 4. The Labute approximate surface area is 372 Å². The lowest BCUT2D eigenvalue weighted by atomic mass is 10.0. The fraction of sp³-hybridized carbons (Fsp3) is 0.333. The average Bonchev–Trinajstić information content (AvgIpc) is 3.57. The second kappa shape index (κ2) is 22.3. The Hall–Kier alpha value is -5.10. The zero-order chi connectivity index (χ0) is 45.0. The quantitative estimate of drug-likeness (QED) is 0.0772. The van der Waals surface area contributed by atoms with Crippen molar-refractivity contribution in [3.05, 3.63) is 124 Å². The van der Waals surface area contributed by atoms with E-state index in [9.17, 15) is 9.59 Å². The summed E-state index contributed by atoms with van der Waals surface area (Å²) >= 11 is 7.26. The summed E-state index contributed by atoms with van der Waals surface area (Å²) in [6, 6.07) is 29.6. The lowest BCUT2D eigenvalue weighted by Gasteiger charge is -2.27. The number of benzene rings is 3. The minimum Gasteiger partial charge on any atom is -0.493 e. The van der Waals surface area contributed by atoms with Crippen LogP contribution in [-0.2, 0) is 6.54 Å². The molecule has 1 saturated heterocycles. The zero-order valence-electron chi connectivity index (χ0n) is 35.2. The van der Waals surface area contributed by atoms with E-state index in [1.165, 1.54) is 63.9 Å². The van der Waals surface area contributed by atoms with Crippen LogP contribution in [0.15, 0.2) is 95.9 Å². The van der Waals surface area contributed by atoms with E-state index in [4.69, 9.17) is 40.7 Å². The molecule has 1 aliphatic heterocycles. The van der Waals surface area contributed by atoms with E-state index in [-0.39, 0.29) is 17.1 Å². The van der Waals surface area contributed by atoms with Crippen LogP contribution < -0.4 is 40.0 Å². The number of nitrogen functional groups attached to an aromatic ring is 1. The molecule has 14 nitrogen and oxygen atoms in total. The van der Waals surface area contributed by atoms with Gasteiger partial charge in [-0.25, -0.2) is 28.6 Å². The van der Waals surface area contributed by atoms with Gasteiger partial charge in [0, 0.05) is 34.5 Å². The molecule has 2 unspecified atom stereocenters. The van der Waals surface area contributed by atoms with Crippen molar-refractivity contribution in [2.45, 2.75) is 78.4 Å². The maximum atomic E-state index is 11.8. The van der Waals surface area contributed by atoms with E-state index in [1.54, 1.807) is 24.3 Å². The lowest BCUT2D eigenvalue weighted by Crippen LogP contribution is -2.68.